The number of hydrogen-bond acceptors (Lipinski definition) is 8. The molecule has 0 spiro atoms. The molecule has 0 bridgehead atoms. The van der Waals surface area contributed by atoms with Gasteiger partial charge in [0.25, 0.3) is 5.91 Å². The maximum atomic E-state index is 12.6. The number of nitrogens with one attached hydrogen (secondary N) is 2. The Bertz CT molecular complexity index is 1260. The highest BCUT2D eigenvalue weighted by molar-refractivity contribution is 7.99. The smallest absolute Gasteiger partial charge is 0.259 e. The van der Waals surface area contributed by atoms with E-state index in [9.17, 15) is 4.79 Å². The highest BCUT2D eigenvalue weighted by Gasteiger charge is 2.19. The lowest BCUT2D eigenvalue weighted by Gasteiger charge is -2.34. The van der Waals surface area contributed by atoms with Crippen LogP contribution in [0, 0.1) is 0 Å². The van der Waals surface area contributed by atoms with E-state index in [1.807, 2.05) is 42.6 Å². The van der Waals surface area contributed by atoms with E-state index in [1.54, 1.807) is 11.8 Å². The number of piperazine rings is 1. The summed E-state index contributed by atoms with van der Waals surface area (Å²) in [6.45, 7) is 5.99. The second kappa shape index (κ2) is 11.9. The van der Waals surface area contributed by atoms with E-state index in [-0.39, 0.29) is 11.9 Å². The van der Waals surface area contributed by atoms with Crippen molar-refractivity contribution in [2.75, 3.05) is 43.8 Å². The van der Waals surface area contributed by atoms with Crippen molar-refractivity contribution in [3.8, 4) is 11.3 Å². The zero-order valence-electron chi connectivity index (χ0n) is 19.9. The Labute approximate surface area is 214 Å². The van der Waals surface area contributed by atoms with E-state index in [0.717, 1.165) is 61.2 Å². The molecule has 0 atom stereocenters. The molecule has 3 heterocycles. The predicted molar refractivity (Wildman–Crippen MR) is 141 cm³/mol. The first-order chi connectivity index (χ1) is 17.8. The van der Waals surface area contributed by atoms with E-state index >= 15 is 0 Å². The molecule has 0 unspecified atom stereocenters. The average Bonchev–Trinajstić information content (AvgIpc) is 3.44. The number of thioether (sulfide) groups is 1. The lowest BCUT2D eigenvalue weighted by Crippen LogP contribution is -2.46. The molecule has 5 rings (SSSR count). The van der Waals surface area contributed by atoms with Gasteiger partial charge in [0.2, 0.25) is 5.95 Å². The maximum Gasteiger partial charge on any atom is 0.259 e. The Morgan fingerprint density at radius 2 is 1.72 bits per heavy atom. The van der Waals surface area contributed by atoms with Crippen molar-refractivity contribution >= 4 is 23.6 Å². The third kappa shape index (κ3) is 6.14. The van der Waals surface area contributed by atoms with Crippen LogP contribution in [0.4, 0.5) is 5.95 Å². The van der Waals surface area contributed by atoms with E-state index in [0.29, 0.717) is 5.56 Å². The fourth-order valence-corrected chi connectivity index (χ4v) is 5.35. The molecule has 184 valence electrons. The number of nitrogens with zero attached hydrogens (tertiary/aromatic N) is 6. The van der Waals surface area contributed by atoms with Crippen molar-refractivity contribution in [3.63, 3.8) is 0 Å². The second-order valence-corrected chi connectivity index (χ2v) is 9.68. The highest BCUT2D eigenvalue weighted by Crippen LogP contribution is 2.25. The van der Waals surface area contributed by atoms with Crippen LogP contribution in [0.15, 0.2) is 77.8 Å². The van der Waals surface area contributed by atoms with Crippen LogP contribution in [0.25, 0.3) is 11.3 Å². The molecule has 1 aliphatic heterocycles. The van der Waals surface area contributed by atoms with Gasteiger partial charge in [-0.15, -0.1) is 11.8 Å². The largest absolute Gasteiger partial charge is 0.300 e. The zero-order chi connectivity index (χ0) is 24.6. The molecule has 36 heavy (non-hydrogen) atoms. The molecule has 2 aromatic carbocycles. The van der Waals surface area contributed by atoms with Crippen LogP contribution in [0.2, 0.25) is 0 Å². The number of tetrazole rings is 1. The normalized spacial score (nSPS) is 14.6. The third-order valence-electron chi connectivity index (χ3n) is 6.17. The number of aromatic nitrogens is 5. The number of aromatic amines is 1. The third-order valence-corrected chi connectivity index (χ3v) is 7.23. The minimum absolute atomic E-state index is 0.226. The number of amides is 1. The Hall–Kier alpha value is -3.60. The molecule has 1 amide bonds. The van der Waals surface area contributed by atoms with Gasteiger partial charge in [0.15, 0.2) is 0 Å². The van der Waals surface area contributed by atoms with Crippen LogP contribution >= 0.6 is 11.8 Å². The molecule has 10 heteroatoms. The molecule has 4 aromatic rings. The monoisotopic (exact) mass is 500 g/mol. The fraction of sp³-hybridized carbons (Fsp3) is 0.269. The van der Waals surface area contributed by atoms with Crippen LogP contribution < -0.4 is 5.32 Å². The van der Waals surface area contributed by atoms with Gasteiger partial charge in [-0.05, 0) is 34.2 Å². The molecule has 1 fully saturated rings. The Morgan fingerprint density at radius 3 is 2.53 bits per heavy atom. The van der Waals surface area contributed by atoms with Gasteiger partial charge in [-0.25, -0.2) is 5.10 Å². The number of carbonyl (C=O) groups excluding carboxylic acids is 1. The first-order valence-corrected chi connectivity index (χ1v) is 13.0. The summed E-state index contributed by atoms with van der Waals surface area (Å²) >= 11 is 1.70. The van der Waals surface area contributed by atoms with Gasteiger partial charge in [0.05, 0.1) is 11.3 Å². The minimum Gasteiger partial charge on any atom is -0.300 e. The molecule has 2 aromatic heterocycles. The second-order valence-electron chi connectivity index (χ2n) is 8.54. The van der Waals surface area contributed by atoms with Gasteiger partial charge >= 0.3 is 0 Å². The first kappa shape index (κ1) is 24.1. The van der Waals surface area contributed by atoms with Gasteiger partial charge < -0.3 is 0 Å². The summed E-state index contributed by atoms with van der Waals surface area (Å²) in [5, 5.41) is 15.9. The van der Waals surface area contributed by atoms with Gasteiger partial charge in [-0.1, -0.05) is 53.6 Å². The summed E-state index contributed by atoms with van der Waals surface area (Å²) in [6.07, 6.45) is 1.87. The predicted octanol–water partition coefficient (Wildman–Crippen LogP) is 3.42. The Kier molecular flexibility index (Phi) is 7.96. The quantitative estimate of drug-likeness (QED) is 0.337. The molecule has 1 saturated heterocycles. The molecule has 0 radical (unpaired) electrons. The molecule has 0 saturated carbocycles. The van der Waals surface area contributed by atoms with E-state index < -0.39 is 0 Å². The van der Waals surface area contributed by atoms with Gasteiger partial charge in [0.1, 0.15) is 0 Å². The Balaban J connectivity index is 1.10. The SMILES string of the molecule is O=C(Nc1nnn[nH]1)c1ccccc1SCCN1CCN(Cc2cccnc2-c2ccccc2)CC1. The van der Waals surface area contributed by atoms with Crippen molar-refractivity contribution in [3.05, 3.63) is 84.1 Å². The van der Waals surface area contributed by atoms with Crippen molar-refractivity contribution in [2.24, 2.45) is 0 Å². The Morgan fingerprint density at radius 1 is 0.944 bits per heavy atom. The number of anilines is 1. The molecular formula is C26H28N8OS. The van der Waals surface area contributed by atoms with Crippen LogP contribution in [0.1, 0.15) is 15.9 Å². The summed E-state index contributed by atoms with van der Waals surface area (Å²) in [4.78, 5) is 23.2. The van der Waals surface area contributed by atoms with Crippen LogP contribution in [0.5, 0.6) is 0 Å². The number of hydrogen-bond donors (Lipinski definition) is 2. The van der Waals surface area contributed by atoms with Crippen molar-refractivity contribution in [2.45, 2.75) is 11.4 Å². The lowest BCUT2D eigenvalue weighted by molar-refractivity contribution is 0.102. The number of carbonyl (C=O) groups is 1. The summed E-state index contributed by atoms with van der Waals surface area (Å²) in [6, 6.07) is 22.2. The molecule has 0 aliphatic carbocycles. The molecular weight excluding hydrogens is 472 g/mol. The lowest BCUT2D eigenvalue weighted by atomic mass is 10.1. The highest BCUT2D eigenvalue weighted by atomic mass is 32.2. The van der Waals surface area contributed by atoms with E-state index in [2.05, 4.69) is 71.1 Å². The fourth-order valence-electron chi connectivity index (χ4n) is 4.29. The van der Waals surface area contributed by atoms with Crippen LogP contribution in [-0.4, -0.2) is 79.8 Å². The zero-order valence-corrected chi connectivity index (χ0v) is 20.7. The van der Waals surface area contributed by atoms with Crippen LogP contribution in [0.3, 0.4) is 0 Å². The van der Waals surface area contributed by atoms with Gasteiger partial charge in [0, 0.05) is 61.7 Å². The molecule has 9 nitrogen and oxygen atoms in total. The van der Waals surface area contributed by atoms with Gasteiger partial charge in [-0.3, -0.25) is 24.9 Å². The topological polar surface area (TPSA) is 103 Å². The number of rotatable bonds is 9. The first-order valence-electron chi connectivity index (χ1n) is 12.0. The minimum atomic E-state index is -0.226. The van der Waals surface area contributed by atoms with Crippen LogP contribution in [-0.2, 0) is 6.54 Å². The molecule has 1 aliphatic rings. The number of pyridine rings is 1. The summed E-state index contributed by atoms with van der Waals surface area (Å²) in [7, 11) is 0. The van der Waals surface area contributed by atoms with Crippen molar-refractivity contribution in [1.82, 2.24) is 35.4 Å². The van der Waals surface area contributed by atoms with E-state index in [1.165, 1.54) is 5.56 Å². The summed E-state index contributed by atoms with van der Waals surface area (Å²) in [5.41, 5.74) is 4.12. The number of H-pyrrole nitrogens is 1. The summed E-state index contributed by atoms with van der Waals surface area (Å²) in [5.74, 6) is 0.921. The summed E-state index contributed by atoms with van der Waals surface area (Å²) < 4.78 is 0. The standard InChI is InChI=1S/C26H28N8OS/c35-25(28-26-29-31-32-30-26)22-10-4-5-11-23(22)36-18-17-33-13-15-34(16-14-33)19-21-9-6-12-27-24(21)20-7-2-1-3-8-20/h1-12H,13-19H2,(H2,28,29,30,31,32,35). The van der Waals surface area contributed by atoms with E-state index in [4.69, 9.17) is 0 Å². The average molecular weight is 501 g/mol. The van der Waals surface area contributed by atoms with Gasteiger partial charge in [-0.2, -0.15) is 0 Å². The van der Waals surface area contributed by atoms with Crippen molar-refractivity contribution in [1.29, 1.82) is 0 Å². The maximum absolute atomic E-state index is 12.6. The van der Waals surface area contributed by atoms with Crippen molar-refractivity contribution < 1.29 is 4.79 Å². The molecule has 2 N–H and O–H groups in total. The number of benzene rings is 2.